The molecule has 1 amide bonds. The molecule has 2 aliphatic heterocycles. The molecule has 0 unspecified atom stereocenters. The van der Waals surface area contributed by atoms with Crippen LogP contribution in [0.3, 0.4) is 0 Å². The molecule has 1 aromatic carbocycles. The smallest absolute Gasteiger partial charge is 0.369 e. The van der Waals surface area contributed by atoms with E-state index in [4.69, 9.17) is 0 Å². The number of amides is 1. The van der Waals surface area contributed by atoms with E-state index in [1.807, 2.05) is 6.07 Å². The van der Waals surface area contributed by atoms with E-state index in [0.717, 1.165) is 0 Å². The zero-order valence-corrected chi connectivity index (χ0v) is 18.3. The van der Waals surface area contributed by atoms with Crippen molar-refractivity contribution in [2.45, 2.75) is 31.0 Å². The molecule has 2 aromatic rings. The van der Waals surface area contributed by atoms with Crippen LogP contribution in [0.5, 0.6) is 0 Å². The van der Waals surface area contributed by atoms with Crippen LogP contribution >= 0.6 is 0 Å². The molecule has 34 heavy (non-hydrogen) atoms. The molecular weight excluding hydrogens is 457 g/mol. The number of benzene rings is 1. The van der Waals surface area contributed by atoms with Crippen LogP contribution in [0.4, 0.5) is 27.6 Å². The SMILES string of the molecule is CN1CCC(F)(F)[C@@H](NC(=O)[C@]23CN(c4ccc(C#N)c5ncccc45)C[C@@]2(C(F)(F)F)C3)C1. The molecule has 3 atom stereocenters. The Hall–Kier alpha value is -3.00. The molecule has 0 bridgehead atoms. The number of likely N-dealkylation sites (N-methyl/N-ethyl adjacent to an activating group) is 1. The second-order valence-electron chi connectivity index (χ2n) is 9.64. The quantitative estimate of drug-likeness (QED) is 0.684. The average molecular weight is 479 g/mol. The number of fused-ring (bicyclic) bond motifs is 2. The number of aromatic nitrogens is 1. The first-order chi connectivity index (χ1) is 15.9. The van der Waals surface area contributed by atoms with Gasteiger partial charge < -0.3 is 15.1 Å². The first kappa shape index (κ1) is 22.8. The van der Waals surface area contributed by atoms with Crippen LogP contribution in [0.25, 0.3) is 10.9 Å². The van der Waals surface area contributed by atoms with Gasteiger partial charge in [0.05, 0.1) is 16.5 Å². The number of alkyl halides is 5. The minimum absolute atomic E-state index is 0.135. The first-order valence-corrected chi connectivity index (χ1v) is 10.9. The van der Waals surface area contributed by atoms with Crippen molar-refractivity contribution in [1.82, 2.24) is 15.2 Å². The number of pyridine rings is 1. The van der Waals surface area contributed by atoms with E-state index in [9.17, 15) is 32.0 Å². The number of anilines is 1. The number of hydrogen-bond acceptors (Lipinski definition) is 5. The molecule has 1 aromatic heterocycles. The van der Waals surface area contributed by atoms with E-state index in [1.165, 1.54) is 17.2 Å². The average Bonchev–Trinajstić information content (AvgIpc) is 3.33. The van der Waals surface area contributed by atoms with Crippen molar-refractivity contribution < 1.29 is 26.7 Å². The Morgan fingerprint density at radius 1 is 1.26 bits per heavy atom. The lowest BCUT2D eigenvalue weighted by Crippen LogP contribution is -2.59. The molecule has 11 heteroatoms. The highest BCUT2D eigenvalue weighted by Crippen LogP contribution is 2.75. The van der Waals surface area contributed by atoms with E-state index in [-0.39, 0.29) is 25.2 Å². The van der Waals surface area contributed by atoms with E-state index in [1.54, 1.807) is 30.1 Å². The van der Waals surface area contributed by atoms with E-state index < -0.39 is 54.3 Å². The molecule has 6 nitrogen and oxygen atoms in total. The van der Waals surface area contributed by atoms with Gasteiger partial charge in [0.2, 0.25) is 5.91 Å². The number of carbonyl (C=O) groups excluding carboxylic acids is 1. The highest BCUT2D eigenvalue weighted by Gasteiger charge is 2.86. The monoisotopic (exact) mass is 479 g/mol. The number of nitriles is 1. The van der Waals surface area contributed by atoms with Crippen molar-refractivity contribution >= 4 is 22.5 Å². The Labute approximate surface area is 192 Å². The Morgan fingerprint density at radius 2 is 2.03 bits per heavy atom. The molecule has 0 spiro atoms. The summed E-state index contributed by atoms with van der Waals surface area (Å²) in [5, 5.41) is 12.1. The van der Waals surface area contributed by atoms with Gasteiger partial charge in [-0.1, -0.05) is 0 Å². The predicted octanol–water partition coefficient (Wildman–Crippen LogP) is 3.32. The molecule has 5 rings (SSSR count). The largest absolute Gasteiger partial charge is 0.397 e. The Kier molecular flexibility index (Phi) is 4.86. The molecule has 1 aliphatic carbocycles. The fraction of sp³-hybridized carbons (Fsp3) is 0.522. The van der Waals surface area contributed by atoms with Gasteiger partial charge in [0.15, 0.2) is 0 Å². The zero-order chi connectivity index (χ0) is 24.5. The fourth-order valence-corrected chi connectivity index (χ4v) is 5.62. The maximum absolute atomic E-state index is 14.4. The van der Waals surface area contributed by atoms with Gasteiger partial charge in [-0.05, 0) is 37.7 Å². The fourth-order valence-electron chi connectivity index (χ4n) is 5.62. The minimum atomic E-state index is -4.69. The standard InChI is InChI=1S/C23H22F5N5O/c1-32-8-6-22(24,25)17(10-32)31-19(34)20-11-21(20,23(26,27)28)13-33(12-20)16-5-4-14(9-29)18-15(16)3-2-7-30-18/h2-5,7,17H,6,8,10-13H2,1H3,(H,31,34)/t17-,20-,21-/m0/s1. The topological polar surface area (TPSA) is 72.3 Å². The molecule has 3 heterocycles. The molecule has 1 saturated carbocycles. The minimum Gasteiger partial charge on any atom is -0.369 e. The Bertz CT molecular complexity index is 1210. The number of piperidine rings is 2. The maximum Gasteiger partial charge on any atom is 0.397 e. The summed E-state index contributed by atoms with van der Waals surface area (Å²) >= 11 is 0. The summed E-state index contributed by atoms with van der Waals surface area (Å²) in [5.41, 5.74) is -3.10. The number of hydrogen-bond donors (Lipinski definition) is 1. The van der Waals surface area contributed by atoms with E-state index in [0.29, 0.717) is 16.6 Å². The van der Waals surface area contributed by atoms with Gasteiger partial charge in [-0.25, -0.2) is 8.78 Å². The summed E-state index contributed by atoms with van der Waals surface area (Å²) < 4.78 is 71.7. The van der Waals surface area contributed by atoms with Crippen molar-refractivity contribution in [3.8, 4) is 6.07 Å². The van der Waals surface area contributed by atoms with Gasteiger partial charge in [-0.15, -0.1) is 0 Å². The van der Waals surface area contributed by atoms with Crippen LogP contribution in [0.2, 0.25) is 0 Å². The summed E-state index contributed by atoms with van der Waals surface area (Å²) in [6.07, 6.45) is -4.11. The van der Waals surface area contributed by atoms with Crippen molar-refractivity contribution in [2.75, 3.05) is 38.1 Å². The van der Waals surface area contributed by atoms with Gasteiger partial charge in [0, 0.05) is 49.9 Å². The lowest BCUT2D eigenvalue weighted by Gasteiger charge is -2.37. The van der Waals surface area contributed by atoms with Crippen LogP contribution in [0.1, 0.15) is 18.4 Å². The summed E-state index contributed by atoms with van der Waals surface area (Å²) in [6, 6.07) is 6.79. The predicted molar refractivity (Wildman–Crippen MR) is 113 cm³/mol. The van der Waals surface area contributed by atoms with Crippen LogP contribution in [0.15, 0.2) is 30.5 Å². The third-order valence-corrected chi connectivity index (χ3v) is 7.64. The molecule has 3 fully saturated rings. The van der Waals surface area contributed by atoms with Crippen molar-refractivity contribution in [2.24, 2.45) is 10.8 Å². The Morgan fingerprint density at radius 3 is 2.74 bits per heavy atom. The van der Waals surface area contributed by atoms with Crippen molar-refractivity contribution in [3.63, 3.8) is 0 Å². The second-order valence-corrected chi connectivity index (χ2v) is 9.64. The molecule has 3 aliphatic rings. The molecule has 0 radical (unpaired) electrons. The molecule has 180 valence electrons. The van der Waals surface area contributed by atoms with Crippen molar-refractivity contribution in [1.29, 1.82) is 5.26 Å². The molecule has 2 saturated heterocycles. The normalized spacial score (nSPS) is 30.6. The number of carbonyl (C=O) groups is 1. The molecule has 1 N–H and O–H groups in total. The third-order valence-electron chi connectivity index (χ3n) is 7.64. The number of nitrogens with zero attached hydrogens (tertiary/aromatic N) is 4. The van der Waals surface area contributed by atoms with Gasteiger partial charge in [0.25, 0.3) is 5.92 Å². The maximum atomic E-state index is 14.4. The number of likely N-dealkylation sites (tertiary alicyclic amines) is 1. The highest BCUT2D eigenvalue weighted by atomic mass is 19.4. The number of halogens is 5. The van der Waals surface area contributed by atoms with Crippen LogP contribution in [-0.4, -0.2) is 67.2 Å². The first-order valence-electron chi connectivity index (χ1n) is 10.9. The number of nitrogens with one attached hydrogen (secondary N) is 1. The van der Waals surface area contributed by atoms with E-state index in [2.05, 4.69) is 10.3 Å². The summed E-state index contributed by atoms with van der Waals surface area (Å²) in [6.45, 7) is -0.725. The molecular formula is C23H22F5N5O. The van der Waals surface area contributed by atoms with Gasteiger partial charge >= 0.3 is 6.18 Å². The van der Waals surface area contributed by atoms with Crippen LogP contribution < -0.4 is 10.2 Å². The lowest BCUT2D eigenvalue weighted by atomic mass is 9.93. The van der Waals surface area contributed by atoms with Crippen LogP contribution in [0, 0.1) is 22.2 Å². The third kappa shape index (κ3) is 3.15. The second kappa shape index (κ2) is 7.25. The van der Waals surface area contributed by atoms with Crippen LogP contribution in [-0.2, 0) is 4.79 Å². The van der Waals surface area contributed by atoms with E-state index >= 15 is 0 Å². The van der Waals surface area contributed by atoms with Gasteiger partial charge in [0.1, 0.15) is 17.5 Å². The summed E-state index contributed by atoms with van der Waals surface area (Å²) in [5.74, 6) is -4.18. The van der Waals surface area contributed by atoms with Crippen molar-refractivity contribution in [3.05, 3.63) is 36.0 Å². The zero-order valence-electron chi connectivity index (χ0n) is 18.3. The lowest BCUT2D eigenvalue weighted by molar-refractivity contribution is -0.192. The highest BCUT2D eigenvalue weighted by molar-refractivity contribution is 5.97. The number of rotatable bonds is 3. The summed E-state index contributed by atoms with van der Waals surface area (Å²) in [7, 11) is 1.63. The Balaban J connectivity index is 1.49. The van der Waals surface area contributed by atoms with Gasteiger partial charge in [-0.3, -0.25) is 9.78 Å². The van der Waals surface area contributed by atoms with Gasteiger partial charge in [-0.2, -0.15) is 18.4 Å². The summed E-state index contributed by atoms with van der Waals surface area (Å²) in [4.78, 5) is 20.5.